The molecule has 2 amide bonds. The zero-order valence-corrected chi connectivity index (χ0v) is 23.5. The summed E-state index contributed by atoms with van der Waals surface area (Å²) in [6, 6.07) is 0.422. The molecule has 4 aliphatic rings. The van der Waals surface area contributed by atoms with Crippen LogP contribution in [0.25, 0.3) is 0 Å². The van der Waals surface area contributed by atoms with Crippen molar-refractivity contribution in [3.8, 4) is 0 Å². The van der Waals surface area contributed by atoms with Gasteiger partial charge in [0.25, 0.3) is 0 Å². The number of hydrogen-bond donors (Lipinski definition) is 4. The number of hydrogen-bond acceptors (Lipinski definition) is 10. The van der Waals surface area contributed by atoms with E-state index >= 15 is 0 Å². The van der Waals surface area contributed by atoms with Crippen molar-refractivity contribution >= 4 is 11.8 Å². The maximum Gasteiger partial charge on any atom is 0.222 e. The number of amides is 2. The number of ether oxygens (including phenoxy) is 2. The highest BCUT2D eigenvalue weighted by molar-refractivity contribution is 5.77. The van der Waals surface area contributed by atoms with Gasteiger partial charge in [0.2, 0.25) is 11.8 Å². The van der Waals surface area contributed by atoms with Crippen LogP contribution in [0.4, 0.5) is 0 Å². The Kier molecular flexibility index (Phi) is 13.1. The molecule has 0 aromatic carbocycles. The van der Waals surface area contributed by atoms with E-state index in [1.165, 1.54) is 25.2 Å². The SMILES string of the molecule is N/C=C1/COCC2CCCCN2C(=O)CCCCN1N.N/C=C1/COCC2CCCCN2C(=O)CCCN1N. The second-order valence-electron chi connectivity index (χ2n) is 10.8. The van der Waals surface area contributed by atoms with Gasteiger partial charge >= 0.3 is 0 Å². The molecule has 0 aromatic heterocycles. The van der Waals surface area contributed by atoms with Gasteiger partial charge in [-0.05, 0) is 57.8 Å². The molecule has 8 N–H and O–H groups in total. The van der Waals surface area contributed by atoms with Crippen LogP contribution in [0.5, 0.6) is 0 Å². The molecule has 0 saturated carbocycles. The number of carbonyl (C=O) groups is 2. The lowest BCUT2D eigenvalue weighted by Crippen LogP contribution is -2.46. The zero-order chi connectivity index (χ0) is 28.0. The largest absolute Gasteiger partial charge is 0.403 e. The number of hydrazine groups is 2. The third-order valence-corrected chi connectivity index (χ3v) is 7.97. The lowest BCUT2D eigenvalue weighted by atomic mass is 10.0. The number of piperidine rings is 2. The molecule has 2 atom stereocenters. The summed E-state index contributed by atoms with van der Waals surface area (Å²) < 4.78 is 11.4. The molecule has 0 aromatic rings. The number of nitrogens with two attached hydrogens (primary N) is 4. The van der Waals surface area contributed by atoms with Gasteiger partial charge in [-0.25, -0.2) is 11.7 Å². The van der Waals surface area contributed by atoms with E-state index in [1.54, 1.807) is 10.0 Å². The smallest absolute Gasteiger partial charge is 0.222 e. The van der Waals surface area contributed by atoms with E-state index in [9.17, 15) is 9.59 Å². The van der Waals surface area contributed by atoms with Gasteiger partial charge in [-0.15, -0.1) is 0 Å². The molecule has 4 saturated heterocycles. The standard InChI is InChI=1S/C14H26N4O2.C13H24N4O2/c15-9-13-11-20-10-12-5-1-3-7-17(12)14(19)6-2-4-8-18(13)16;14-8-12-10-19-9-11-4-1-2-6-16(11)13(18)5-3-7-17(12)15/h9,12H,1-8,10-11,15-16H2;8,11H,1-7,9-10,14-15H2/b13-9-;12-8-. The molecule has 4 rings (SSSR count). The number of rotatable bonds is 0. The van der Waals surface area contributed by atoms with Gasteiger partial charge < -0.3 is 40.8 Å². The van der Waals surface area contributed by atoms with Crippen LogP contribution in [-0.2, 0) is 19.1 Å². The van der Waals surface area contributed by atoms with Crippen molar-refractivity contribution < 1.29 is 19.1 Å². The first kappa shape index (κ1) is 31.0. The van der Waals surface area contributed by atoms with E-state index in [2.05, 4.69) is 0 Å². The predicted octanol–water partition coefficient (Wildman–Crippen LogP) is 0.698. The Bertz CT molecular complexity index is 839. The topological polar surface area (TPSA) is 170 Å². The summed E-state index contributed by atoms with van der Waals surface area (Å²) in [6.07, 6.45) is 13.2. The molecule has 39 heavy (non-hydrogen) atoms. The number of nitrogens with zero attached hydrogens (tertiary/aromatic N) is 4. The van der Waals surface area contributed by atoms with Crippen molar-refractivity contribution in [2.75, 3.05) is 52.6 Å². The fraction of sp³-hybridized carbons (Fsp3) is 0.778. The Hall–Kier alpha value is -2.54. The van der Waals surface area contributed by atoms with Gasteiger partial charge in [-0.2, -0.15) is 0 Å². The molecule has 0 aliphatic carbocycles. The van der Waals surface area contributed by atoms with Gasteiger partial charge in [0, 0.05) is 51.4 Å². The molecule has 4 heterocycles. The summed E-state index contributed by atoms with van der Waals surface area (Å²) in [5.74, 6) is 12.3. The first-order valence-corrected chi connectivity index (χ1v) is 14.5. The van der Waals surface area contributed by atoms with Crippen LogP contribution in [0.3, 0.4) is 0 Å². The fourth-order valence-electron chi connectivity index (χ4n) is 5.59. The summed E-state index contributed by atoms with van der Waals surface area (Å²) in [6.45, 7) is 5.00. The Balaban J connectivity index is 0.000000216. The molecular weight excluding hydrogens is 500 g/mol. The Morgan fingerprint density at radius 2 is 1.05 bits per heavy atom. The first-order valence-electron chi connectivity index (χ1n) is 14.5. The predicted molar refractivity (Wildman–Crippen MR) is 150 cm³/mol. The van der Waals surface area contributed by atoms with Crippen LogP contribution in [0.15, 0.2) is 23.8 Å². The summed E-state index contributed by atoms with van der Waals surface area (Å²) >= 11 is 0. The minimum absolute atomic E-state index is 0.209. The monoisotopic (exact) mass is 550 g/mol. The average molecular weight is 551 g/mol. The number of carbonyl (C=O) groups excluding carboxylic acids is 2. The van der Waals surface area contributed by atoms with Gasteiger partial charge in [-0.3, -0.25) is 9.59 Å². The maximum absolute atomic E-state index is 12.3. The van der Waals surface area contributed by atoms with Crippen LogP contribution in [0.2, 0.25) is 0 Å². The van der Waals surface area contributed by atoms with Crippen LogP contribution >= 0.6 is 0 Å². The van der Waals surface area contributed by atoms with E-state index in [0.717, 1.165) is 69.4 Å². The van der Waals surface area contributed by atoms with E-state index < -0.39 is 0 Å². The average Bonchev–Trinajstić information content (AvgIpc) is 2.97. The second kappa shape index (κ2) is 16.5. The molecule has 222 valence electrons. The fourth-order valence-corrected chi connectivity index (χ4v) is 5.59. The van der Waals surface area contributed by atoms with E-state index in [4.69, 9.17) is 32.6 Å². The highest BCUT2D eigenvalue weighted by atomic mass is 16.5. The van der Waals surface area contributed by atoms with Crippen molar-refractivity contribution in [2.45, 2.75) is 82.7 Å². The lowest BCUT2D eigenvalue weighted by Gasteiger charge is -2.36. The molecule has 0 bridgehead atoms. The van der Waals surface area contributed by atoms with Crippen LogP contribution in [0.1, 0.15) is 70.6 Å². The van der Waals surface area contributed by atoms with Gasteiger partial charge in [0.15, 0.2) is 0 Å². The van der Waals surface area contributed by atoms with Gasteiger partial charge in [0.1, 0.15) is 0 Å². The molecule has 0 radical (unpaired) electrons. The van der Waals surface area contributed by atoms with E-state index in [-0.39, 0.29) is 23.9 Å². The van der Waals surface area contributed by atoms with Crippen molar-refractivity contribution in [2.24, 2.45) is 23.2 Å². The summed E-state index contributed by atoms with van der Waals surface area (Å²) in [5.41, 5.74) is 12.7. The van der Waals surface area contributed by atoms with Crippen molar-refractivity contribution in [3.05, 3.63) is 23.8 Å². The molecule has 4 aliphatic heterocycles. The first-order chi connectivity index (χ1) is 18.9. The third-order valence-electron chi connectivity index (χ3n) is 7.97. The van der Waals surface area contributed by atoms with Crippen LogP contribution < -0.4 is 23.2 Å². The molecule has 12 heteroatoms. The maximum atomic E-state index is 12.3. The molecule has 12 nitrogen and oxygen atoms in total. The minimum Gasteiger partial charge on any atom is -0.403 e. The summed E-state index contributed by atoms with van der Waals surface area (Å²) in [7, 11) is 0. The molecule has 0 spiro atoms. The number of fused-ring (bicyclic) bond motifs is 2. The summed E-state index contributed by atoms with van der Waals surface area (Å²) in [5, 5.41) is 3.21. The highest BCUT2D eigenvalue weighted by Gasteiger charge is 2.28. The van der Waals surface area contributed by atoms with Crippen LogP contribution in [-0.4, -0.2) is 96.3 Å². The van der Waals surface area contributed by atoms with Crippen molar-refractivity contribution in [3.63, 3.8) is 0 Å². The Morgan fingerprint density at radius 1 is 0.615 bits per heavy atom. The van der Waals surface area contributed by atoms with Gasteiger partial charge in [0.05, 0.1) is 49.9 Å². The normalized spacial score (nSPS) is 28.9. The Labute approximate surface area is 233 Å². The quantitative estimate of drug-likeness (QED) is 0.315. The minimum atomic E-state index is 0.209. The highest BCUT2D eigenvalue weighted by Crippen LogP contribution is 2.21. The van der Waals surface area contributed by atoms with E-state index in [0.29, 0.717) is 52.4 Å². The molecule has 4 fully saturated rings. The molecule has 2 unspecified atom stereocenters. The zero-order valence-electron chi connectivity index (χ0n) is 23.5. The van der Waals surface area contributed by atoms with Crippen molar-refractivity contribution in [1.29, 1.82) is 0 Å². The lowest BCUT2D eigenvalue weighted by molar-refractivity contribution is -0.137. The van der Waals surface area contributed by atoms with Gasteiger partial charge in [-0.1, -0.05) is 0 Å². The third kappa shape index (κ3) is 9.55. The van der Waals surface area contributed by atoms with Crippen molar-refractivity contribution in [1.82, 2.24) is 19.8 Å². The Morgan fingerprint density at radius 3 is 1.54 bits per heavy atom. The summed E-state index contributed by atoms with van der Waals surface area (Å²) in [4.78, 5) is 28.5. The second-order valence-corrected chi connectivity index (χ2v) is 10.8. The van der Waals surface area contributed by atoms with E-state index in [1.807, 2.05) is 9.80 Å². The molecular formula is C27H50N8O4. The van der Waals surface area contributed by atoms with Crippen LogP contribution in [0, 0.1) is 0 Å².